The average Bonchev–Trinajstić information content (AvgIpc) is 3.20. The van der Waals surface area contributed by atoms with Crippen molar-refractivity contribution in [2.45, 2.75) is 29.4 Å². The van der Waals surface area contributed by atoms with Gasteiger partial charge in [-0.1, -0.05) is 45.9 Å². The zero-order chi connectivity index (χ0) is 40.0. The number of nitrogens with zero attached hydrogens (tertiary/aromatic N) is 2. The van der Waals surface area contributed by atoms with E-state index in [0.717, 1.165) is 48.5 Å². The number of carbonyl (C=O) groups is 2. The molecule has 6 aromatic carbocycles. The number of anilines is 2. The van der Waals surface area contributed by atoms with Crippen molar-refractivity contribution in [3.8, 4) is 0 Å². The first-order chi connectivity index (χ1) is 26.7. The third-order valence-electron chi connectivity index (χ3n) is 8.05. The van der Waals surface area contributed by atoms with Crippen LogP contribution in [0.5, 0.6) is 0 Å². The van der Waals surface area contributed by atoms with Crippen LogP contribution in [0.2, 0.25) is 0 Å². The minimum atomic E-state index is -3.97. The molecular formula is C38H26N4O10S4. The highest BCUT2D eigenvalue weighted by atomic mass is 33.1. The summed E-state index contributed by atoms with van der Waals surface area (Å²) < 4.78 is 52.2. The minimum Gasteiger partial charge on any atom is -0.322 e. The summed E-state index contributed by atoms with van der Waals surface area (Å²) >= 11 is 0. The molecule has 56 heavy (non-hydrogen) atoms. The molecule has 2 N–H and O–H groups in total. The fourth-order valence-electron chi connectivity index (χ4n) is 5.14. The fraction of sp³-hybridized carbons (Fsp3) is 0. The van der Waals surface area contributed by atoms with Gasteiger partial charge in [0.05, 0.1) is 40.6 Å². The quantitative estimate of drug-likeness (QED) is 0.0637. The van der Waals surface area contributed by atoms with Crippen molar-refractivity contribution >= 4 is 75.8 Å². The van der Waals surface area contributed by atoms with E-state index < -0.39 is 41.3 Å². The van der Waals surface area contributed by atoms with Crippen LogP contribution in [0.4, 0.5) is 22.7 Å². The van der Waals surface area contributed by atoms with E-state index in [4.69, 9.17) is 0 Å². The van der Waals surface area contributed by atoms with Crippen molar-refractivity contribution in [3.05, 3.63) is 177 Å². The second-order valence-electron chi connectivity index (χ2n) is 11.6. The molecule has 0 bridgehead atoms. The summed E-state index contributed by atoms with van der Waals surface area (Å²) in [6, 6.07) is 33.7. The first kappa shape index (κ1) is 39.4. The molecule has 0 aliphatic rings. The number of nitro groups is 2. The van der Waals surface area contributed by atoms with E-state index in [1.807, 2.05) is 0 Å². The number of carbonyl (C=O) groups excluding carboxylic acids is 2. The van der Waals surface area contributed by atoms with Gasteiger partial charge in [-0.25, -0.2) is 16.8 Å². The molecule has 0 aliphatic heterocycles. The van der Waals surface area contributed by atoms with Crippen LogP contribution >= 0.6 is 21.6 Å². The molecule has 18 heteroatoms. The Bertz CT molecular complexity index is 2500. The summed E-state index contributed by atoms with van der Waals surface area (Å²) in [5, 5.41) is 27.4. The molecule has 0 aliphatic carbocycles. The summed E-state index contributed by atoms with van der Waals surface area (Å²) in [6.45, 7) is 0. The van der Waals surface area contributed by atoms with Crippen molar-refractivity contribution in [1.82, 2.24) is 0 Å². The second-order valence-corrected chi connectivity index (χ2v) is 17.7. The zero-order valence-electron chi connectivity index (χ0n) is 28.5. The topological polar surface area (TPSA) is 213 Å². The Morgan fingerprint density at radius 3 is 1.04 bits per heavy atom. The molecule has 0 atom stereocenters. The predicted octanol–water partition coefficient (Wildman–Crippen LogP) is 8.47. The highest BCUT2D eigenvalue weighted by Crippen LogP contribution is 2.41. The van der Waals surface area contributed by atoms with Gasteiger partial charge in [0.1, 0.15) is 0 Å². The maximum atomic E-state index is 13.4. The van der Waals surface area contributed by atoms with Crippen LogP contribution in [-0.4, -0.2) is 38.5 Å². The predicted molar refractivity (Wildman–Crippen MR) is 210 cm³/mol. The van der Waals surface area contributed by atoms with Crippen LogP contribution in [0.25, 0.3) is 0 Å². The third kappa shape index (κ3) is 8.79. The lowest BCUT2D eigenvalue weighted by Gasteiger charge is -2.12. The normalized spacial score (nSPS) is 11.4. The molecule has 0 aromatic heterocycles. The number of rotatable bonds is 13. The van der Waals surface area contributed by atoms with Gasteiger partial charge in [-0.05, 0) is 97.1 Å². The van der Waals surface area contributed by atoms with E-state index in [-0.39, 0.29) is 31.0 Å². The summed E-state index contributed by atoms with van der Waals surface area (Å²) in [5.74, 6) is -0.936. The number of non-ortho nitro benzene ring substituents is 2. The Labute approximate surface area is 327 Å². The molecule has 282 valence electrons. The van der Waals surface area contributed by atoms with Crippen LogP contribution in [0.3, 0.4) is 0 Å². The minimum absolute atomic E-state index is 0.0657. The van der Waals surface area contributed by atoms with Gasteiger partial charge < -0.3 is 10.6 Å². The maximum Gasteiger partial charge on any atom is 0.269 e. The number of hydrogen-bond donors (Lipinski definition) is 2. The third-order valence-corrected chi connectivity index (χ3v) is 14.1. The van der Waals surface area contributed by atoms with Crippen molar-refractivity contribution < 1.29 is 36.3 Å². The standard InChI is InChI=1S/C38H26N4O10S4/c43-37(39-25-9-17-29(18-10-25)55(49,50)31-21-13-27(14-22-31)41(45)46)33-5-1-3-7-35(33)53-54-36-8-4-2-6-34(36)38(44)40-26-11-19-30(20-12-26)56(51,52)32-23-15-28(16-24-32)42(47)48/h1-24H,(H,39,43)(H,40,44). The molecule has 0 saturated heterocycles. The Morgan fingerprint density at radius 2 is 0.732 bits per heavy atom. The lowest BCUT2D eigenvalue weighted by Crippen LogP contribution is -2.13. The summed E-state index contributed by atoms with van der Waals surface area (Å²) in [5.41, 5.74) is 0.801. The number of hydrogen-bond acceptors (Lipinski definition) is 12. The van der Waals surface area contributed by atoms with Crippen molar-refractivity contribution in [2.24, 2.45) is 0 Å². The average molecular weight is 827 g/mol. The Balaban J connectivity index is 1.10. The molecule has 6 aromatic rings. The number of amides is 2. The molecule has 2 amide bonds. The molecule has 6 rings (SSSR count). The maximum absolute atomic E-state index is 13.4. The smallest absolute Gasteiger partial charge is 0.269 e. The van der Waals surface area contributed by atoms with Gasteiger partial charge >= 0.3 is 0 Å². The Morgan fingerprint density at radius 1 is 0.446 bits per heavy atom. The highest BCUT2D eigenvalue weighted by Gasteiger charge is 2.22. The largest absolute Gasteiger partial charge is 0.322 e. The summed E-state index contributed by atoms with van der Waals surface area (Å²) in [6.07, 6.45) is 0. The van der Waals surface area contributed by atoms with Crippen LogP contribution in [0, 0.1) is 20.2 Å². The SMILES string of the molecule is O=C(Nc1ccc(S(=O)(=O)c2ccc([N+](=O)[O-])cc2)cc1)c1ccccc1SSc1ccccc1C(=O)Nc1ccc(S(=O)(=O)c2ccc([N+](=O)[O-])cc2)cc1. The van der Waals surface area contributed by atoms with Gasteiger partial charge in [-0.3, -0.25) is 29.8 Å². The van der Waals surface area contributed by atoms with Crippen LogP contribution in [0.15, 0.2) is 175 Å². The van der Waals surface area contributed by atoms with Gasteiger partial charge in [-0.2, -0.15) is 0 Å². The number of nitrogens with one attached hydrogen (secondary N) is 2. The number of nitro benzene ring substituents is 2. The lowest BCUT2D eigenvalue weighted by atomic mass is 10.2. The second kappa shape index (κ2) is 16.6. The monoisotopic (exact) mass is 826 g/mol. The van der Waals surface area contributed by atoms with Gasteiger partial charge in [0.2, 0.25) is 19.7 Å². The van der Waals surface area contributed by atoms with Gasteiger partial charge in [0.25, 0.3) is 23.2 Å². The van der Waals surface area contributed by atoms with Crippen molar-refractivity contribution in [3.63, 3.8) is 0 Å². The fourth-order valence-corrected chi connectivity index (χ4v) is 10.0. The molecule has 0 spiro atoms. The molecule has 14 nitrogen and oxygen atoms in total. The molecule has 0 fully saturated rings. The van der Waals surface area contributed by atoms with E-state index in [9.17, 15) is 46.7 Å². The van der Waals surface area contributed by atoms with E-state index in [1.165, 1.54) is 70.1 Å². The molecule has 0 unspecified atom stereocenters. The summed E-state index contributed by atoms with van der Waals surface area (Å²) in [4.78, 5) is 48.2. The first-order valence-corrected chi connectivity index (χ1v) is 21.2. The van der Waals surface area contributed by atoms with E-state index in [1.54, 1.807) is 48.5 Å². The Hall–Kier alpha value is -6.34. The van der Waals surface area contributed by atoms with Crippen molar-refractivity contribution in [1.29, 1.82) is 0 Å². The molecule has 0 radical (unpaired) electrons. The lowest BCUT2D eigenvalue weighted by molar-refractivity contribution is -0.385. The summed E-state index contributed by atoms with van der Waals surface area (Å²) in [7, 11) is -5.47. The van der Waals surface area contributed by atoms with Crippen LogP contribution < -0.4 is 10.6 Å². The van der Waals surface area contributed by atoms with Crippen molar-refractivity contribution in [2.75, 3.05) is 10.6 Å². The van der Waals surface area contributed by atoms with Crippen LogP contribution in [0.1, 0.15) is 20.7 Å². The van der Waals surface area contributed by atoms with Gasteiger partial charge in [-0.15, -0.1) is 0 Å². The van der Waals surface area contributed by atoms with E-state index in [0.29, 0.717) is 32.3 Å². The van der Waals surface area contributed by atoms with Gasteiger partial charge in [0, 0.05) is 45.4 Å². The molecule has 0 heterocycles. The molecule has 0 saturated carbocycles. The Kier molecular flexibility index (Phi) is 11.6. The number of sulfone groups is 2. The van der Waals surface area contributed by atoms with Gasteiger partial charge in [0.15, 0.2) is 0 Å². The van der Waals surface area contributed by atoms with E-state index >= 15 is 0 Å². The van der Waals surface area contributed by atoms with E-state index in [2.05, 4.69) is 10.6 Å². The highest BCUT2D eigenvalue weighted by molar-refractivity contribution is 8.76. The molecular weight excluding hydrogens is 801 g/mol. The number of benzene rings is 6. The first-order valence-electron chi connectivity index (χ1n) is 16.1. The van der Waals surface area contributed by atoms with Crippen LogP contribution in [-0.2, 0) is 19.7 Å². The zero-order valence-corrected chi connectivity index (χ0v) is 31.7.